The van der Waals surface area contributed by atoms with Crippen LogP contribution in [0.2, 0.25) is 0 Å². The van der Waals surface area contributed by atoms with Crippen LogP contribution < -0.4 is 11.5 Å². The zero-order valence-corrected chi connectivity index (χ0v) is 11.9. The van der Waals surface area contributed by atoms with Crippen molar-refractivity contribution in [3.05, 3.63) is 65.4 Å². The number of aromatic amines is 1. The van der Waals surface area contributed by atoms with E-state index in [2.05, 4.69) is 4.98 Å². The molecule has 0 saturated heterocycles. The van der Waals surface area contributed by atoms with E-state index in [0.717, 1.165) is 16.5 Å². The van der Waals surface area contributed by atoms with Gasteiger partial charge in [-0.05, 0) is 6.07 Å². The molecular formula is C16H13N3OS. The fourth-order valence-electron chi connectivity index (χ4n) is 2.27. The summed E-state index contributed by atoms with van der Waals surface area (Å²) in [7, 11) is 0. The van der Waals surface area contributed by atoms with Gasteiger partial charge in [0.15, 0.2) is 0 Å². The van der Waals surface area contributed by atoms with Gasteiger partial charge < -0.3 is 16.5 Å². The molecule has 0 aliphatic heterocycles. The fraction of sp³-hybridized carbons (Fsp3) is 0. The summed E-state index contributed by atoms with van der Waals surface area (Å²) in [6.45, 7) is 0. The van der Waals surface area contributed by atoms with Crippen LogP contribution in [0.5, 0.6) is 0 Å². The summed E-state index contributed by atoms with van der Waals surface area (Å²) in [6.07, 6.45) is 0. The largest absolute Gasteiger partial charge is 0.396 e. The van der Waals surface area contributed by atoms with Gasteiger partial charge in [0.25, 0.3) is 0 Å². The fourth-order valence-corrected chi connectivity index (χ4v) is 2.41. The summed E-state index contributed by atoms with van der Waals surface area (Å²) in [4.78, 5) is 15.9. The van der Waals surface area contributed by atoms with Crippen LogP contribution in [-0.2, 0) is 0 Å². The van der Waals surface area contributed by atoms with E-state index in [0.29, 0.717) is 21.9 Å². The van der Waals surface area contributed by atoms with Gasteiger partial charge in [-0.2, -0.15) is 0 Å². The second-order valence-corrected chi connectivity index (χ2v) is 5.17. The molecule has 0 fully saturated rings. The number of H-pyrrole nitrogens is 1. The molecular weight excluding hydrogens is 282 g/mol. The lowest BCUT2D eigenvalue weighted by Crippen LogP contribution is -2.10. The smallest absolute Gasteiger partial charge is 0.211 e. The van der Waals surface area contributed by atoms with E-state index in [9.17, 15) is 4.79 Å². The highest BCUT2D eigenvalue weighted by Crippen LogP contribution is 2.26. The molecule has 5 heteroatoms. The molecule has 2 aromatic carbocycles. The molecule has 4 nitrogen and oxygen atoms in total. The Kier molecular flexibility index (Phi) is 3.19. The second kappa shape index (κ2) is 5.03. The first-order valence-electron chi connectivity index (χ1n) is 6.38. The lowest BCUT2D eigenvalue weighted by molar-refractivity contribution is 0.103. The molecule has 1 aromatic heterocycles. The van der Waals surface area contributed by atoms with Crippen LogP contribution in [0.25, 0.3) is 10.9 Å². The number of rotatable bonds is 3. The van der Waals surface area contributed by atoms with E-state index >= 15 is 0 Å². The Bertz CT molecular complexity index is 850. The number of hydrogen-bond donors (Lipinski definition) is 3. The Morgan fingerprint density at radius 2 is 1.62 bits per heavy atom. The van der Waals surface area contributed by atoms with Gasteiger partial charge in [-0.15, -0.1) is 0 Å². The third-order valence-corrected chi connectivity index (χ3v) is 3.64. The highest BCUT2D eigenvalue weighted by atomic mass is 32.1. The Balaban J connectivity index is 2.04. The molecule has 1 heterocycles. The molecule has 0 unspecified atom stereocenters. The number of thiocarbonyl (C=S) groups is 1. The zero-order valence-electron chi connectivity index (χ0n) is 11.1. The van der Waals surface area contributed by atoms with Gasteiger partial charge in [-0.3, -0.25) is 4.79 Å². The molecule has 5 N–H and O–H groups in total. The van der Waals surface area contributed by atoms with Crippen LogP contribution in [-0.4, -0.2) is 15.8 Å². The maximum atomic E-state index is 12.5. The van der Waals surface area contributed by atoms with E-state index in [1.54, 1.807) is 24.3 Å². The van der Waals surface area contributed by atoms with Crippen LogP contribution in [0.4, 0.5) is 5.69 Å². The van der Waals surface area contributed by atoms with E-state index in [4.69, 9.17) is 23.7 Å². The van der Waals surface area contributed by atoms with Crippen molar-refractivity contribution in [2.75, 3.05) is 5.73 Å². The van der Waals surface area contributed by atoms with Crippen molar-refractivity contribution in [3.63, 3.8) is 0 Å². The molecule has 0 spiro atoms. The van der Waals surface area contributed by atoms with Gasteiger partial charge in [-0.1, -0.05) is 54.7 Å². The van der Waals surface area contributed by atoms with Crippen LogP contribution in [0.1, 0.15) is 21.6 Å². The Morgan fingerprint density at radius 1 is 1.00 bits per heavy atom. The first kappa shape index (κ1) is 13.3. The minimum Gasteiger partial charge on any atom is -0.396 e. The molecule has 0 saturated carbocycles. The number of para-hydroxylation sites is 1. The van der Waals surface area contributed by atoms with Gasteiger partial charge in [0.05, 0.1) is 5.69 Å². The number of fused-ring (bicyclic) bond motifs is 1. The summed E-state index contributed by atoms with van der Waals surface area (Å²) >= 11 is 4.90. The van der Waals surface area contributed by atoms with E-state index in [1.165, 1.54) is 0 Å². The maximum Gasteiger partial charge on any atom is 0.211 e. The number of hydrogen-bond acceptors (Lipinski definition) is 3. The number of ketones is 1. The molecule has 104 valence electrons. The highest BCUT2D eigenvalue weighted by Gasteiger charge is 2.17. The van der Waals surface area contributed by atoms with E-state index in [1.807, 2.05) is 24.3 Å². The quantitative estimate of drug-likeness (QED) is 0.512. The highest BCUT2D eigenvalue weighted by molar-refractivity contribution is 7.80. The number of nitrogens with two attached hydrogens (primary N) is 2. The zero-order chi connectivity index (χ0) is 15.0. The topological polar surface area (TPSA) is 84.9 Å². The second-order valence-electron chi connectivity index (χ2n) is 4.73. The van der Waals surface area contributed by atoms with Crippen molar-refractivity contribution in [2.45, 2.75) is 0 Å². The van der Waals surface area contributed by atoms with E-state index < -0.39 is 0 Å². The molecule has 3 aromatic rings. The molecule has 0 atom stereocenters. The number of nitrogen functional groups attached to an aromatic ring is 1. The normalized spacial score (nSPS) is 10.7. The van der Waals surface area contributed by atoms with Crippen molar-refractivity contribution in [2.24, 2.45) is 5.73 Å². The molecule has 0 amide bonds. The number of nitrogens with one attached hydrogen (secondary N) is 1. The number of anilines is 1. The van der Waals surface area contributed by atoms with Crippen molar-refractivity contribution >= 4 is 39.6 Å². The van der Waals surface area contributed by atoms with Crippen molar-refractivity contribution < 1.29 is 4.79 Å². The Morgan fingerprint density at radius 3 is 2.24 bits per heavy atom. The third kappa shape index (κ3) is 2.28. The molecule has 0 radical (unpaired) electrons. The maximum absolute atomic E-state index is 12.5. The molecule has 0 aliphatic rings. The monoisotopic (exact) mass is 295 g/mol. The molecule has 3 rings (SSSR count). The minimum atomic E-state index is -0.154. The predicted molar refractivity (Wildman–Crippen MR) is 88.5 cm³/mol. The average molecular weight is 295 g/mol. The summed E-state index contributed by atoms with van der Waals surface area (Å²) < 4.78 is 0. The number of carbonyl (C=O) groups excluding carboxylic acids is 1. The number of carbonyl (C=O) groups is 1. The van der Waals surface area contributed by atoms with Crippen LogP contribution in [0.15, 0.2) is 48.5 Å². The van der Waals surface area contributed by atoms with Gasteiger partial charge in [0.2, 0.25) is 5.78 Å². The lowest BCUT2D eigenvalue weighted by Gasteiger charge is -2.02. The van der Waals surface area contributed by atoms with Gasteiger partial charge in [0, 0.05) is 22.0 Å². The number of benzene rings is 2. The minimum absolute atomic E-state index is 0.154. The van der Waals surface area contributed by atoms with Crippen LogP contribution >= 0.6 is 12.2 Å². The van der Waals surface area contributed by atoms with Gasteiger partial charge in [0.1, 0.15) is 10.7 Å². The van der Waals surface area contributed by atoms with Crippen molar-refractivity contribution in [1.82, 2.24) is 4.98 Å². The summed E-state index contributed by atoms with van der Waals surface area (Å²) in [6, 6.07) is 14.4. The van der Waals surface area contributed by atoms with E-state index in [-0.39, 0.29) is 5.78 Å². The van der Waals surface area contributed by atoms with Gasteiger partial charge >= 0.3 is 0 Å². The van der Waals surface area contributed by atoms with Crippen LogP contribution in [0, 0.1) is 0 Å². The Hall–Kier alpha value is -2.66. The lowest BCUT2D eigenvalue weighted by atomic mass is 10.0. The standard InChI is InChI=1S/C16H13N3OS/c17-13-11-3-1-2-4-12(11)19-14(13)15(20)9-5-7-10(8-6-9)16(18)21/h1-8,19H,17H2,(H2,18,21). The number of aromatic nitrogens is 1. The van der Waals surface area contributed by atoms with Gasteiger partial charge in [-0.25, -0.2) is 0 Å². The average Bonchev–Trinajstić information content (AvgIpc) is 2.84. The predicted octanol–water partition coefficient (Wildman–Crippen LogP) is 2.62. The first-order chi connectivity index (χ1) is 10.1. The molecule has 21 heavy (non-hydrogen) atoms. The third-order valence-electron chi connectivity index (χ3n) is 3.40. The van der Waals surface area contributed by atoms with Crippen molar-refractivity contribution in [3.8, 4) is 0 Å². The van der Waals surface area contributed by atoms with Crippen LogP contribution in [0.3, 0.4) is 0 Å². The summed E-state index contributed by atoms with van der Waals surface area (Å²) in [5.41, 5.74) is 14.6. The SMILES string of the molecule is NC(=S)c1ccc(C(=O)c2[nH]c3ccccc3c2N)cc1. The molecule has 0 bridgehead atoms. The molecule has 0 aliphatic carbocycles. The Labute approximate surface area is 126 Å². The summed E-state index contributed by atoms with van der Waals surface area (Å²) in [5, 5.41) is 0.848. The summed E-state index contributed by atoms with van der Waals surface area (Å²) in [5.74, 6) is -0.154. The first-order valence-corrected chi connectivity index (χ1v) is 6.79. The van der Waals surface area contributed by atoms with Crippen molar-refractivity contribution in [1.29, 1.82) is 0 Å².